The van der Waals surface area contributed by atoms with Gasteiger partial charge < -0.3 is 4.98 Å². The van der Waals surface area contributed by atoms with E-state index in [1.807, 2.05) is 26.0 Å². The summed E-state index contributed by atoms with van der Waals surface area (Å²) in [5.41, 5.74) is -0.0367. The molecule has 3 heteroatoms. The van der Waals surface area contributed by atoms with Crippen molar-refractivity contribution in [1.82, 2.24) is 4.98 Å². The molecule has 0 aromatic carbocycles. The van der Waals surface area contributed by atoms with Crippen LogP contribution in [0.15, 0.2) is 17.1 Å². The lowest BCUT2D eigenvalue weighted by molar-refractivity contribution is 1.17. The summed E-state index contributed by atoms with van der Waals surface area (Å²) >= 11 is 3.45. The van der Waals surface area contributed by atoms with Crippen LogP contribution in [0.4, 0.5) is 0 Å². The van der Waals surface area contributed by atoms with Crippen LogP contribution in [0, 0.1) is 0 Å². The molecule has 0 saturated heterocycles. The van der Waals surface area contributed by atoms with Crippen molar-refractivity contribution in [2.24, 2.45) is 0 Å². The molecular formula is C10H12BrNO. The molecule has 70 valence electrons. The third-order valence-electron chi connectivity index (χ3n) is 1.89. The summed E-state index contributed by atoms with van der Waals surface area (Å²) < 4.78 is 1.06. The molecule has 0 aliphatic heterocycles. The van der Waals surface area contributed by atoms with Crippen molar-refractivity contribution in [2.75, 3.05) is 0 Å². The number of rotatable bonds is 1. The molecule has 0 aliphatic rings. The Kier molecular flexibility index (Phi) is 3.48. The van der Waals surface area contributed by atoms with Crippen molar-refractivity contribution in [3.05, 3.63) is 33.1 Å². The van der Waals surface area contributed by atoms with Crippen molar-refractivity contribution in [2.45, 2.75) is 20.3 Å². The van der Waals surface area contributed by atoms with Crippen LogP contribution in [0.3, 0.4) is 0 Å². The first-order chi connectivity index (χ1) is 6.20. The number of halogens is 1. The lowest BCUT2D eigenvalue weighted by Crippen LogP contribution is -2.40. The van der Waals surface area contributed by atoms with Crippen molar-refractivity contribution in [1.29, 1.82) is 0 Å². The molecule has 1 aromatic heterocycles. The van der Waals surface area contributed by atoms with Gasteiger partial charge >= 0.3 is 0 Å². The van der Waals surface area contributed by atoms with Gasteiger partial charge in [-0.25, -0.2) is 0 Å². The average molecular weight is 242 g/mol. The van der Waals surface area contributed by atoms with Gasteiger partial charge in [-0.2, -0.15) is 0 Å². The number of aromatic amines is 1. The zero-order chi connectivity index (χ0) is 9.84. The fourth-order valence-corrected chi connectivity index (χ4v) is 1.55. The molecular weight excluding hydrogens is 230 g/mol. The second kappa shape index (κ2) is 4.42. The van der Waals surface area contributed by atoms with E-state index in [0.717, 1.165) is 21.3 Å². The minimum atomic E-state index is -0.0367. The van der Waals surface area contributed by atoms with E-state index in [9.17, 15) is 4.79 Å². The summed E-state index contributed by atoms with van der Waals surface area (Å²) in [6.07, 6.45) is 4.39. The maximum absolute atomic E-state index is 11.4. The van der Waals surface area contributed by atoms with Gasteiger partial charge in [0.1, 0.15) is 0 Å². The normalized spacial score (nSPS) is 14.5. The first-order valence-corrected chi connectivity index (χ1v) is 5.02. The summed E-state index contributed by atoms with van der Waals surface area (Å²) in [7, 11) is 0. The Labute approximate surface area is 85.1 Å². The maximum Gasteiger partial charge on any atom is 0.255 e. The number of pyridine rings is 1. The molecule has 0 saturated carbocycles. The van der Waals surface area contributed by atoms with Crippen LogP contribution in [0.5, 0.6) is 0 Å². The average Bonchev–Trinajstić information content (AvgIpc) is 2.16. The second-order valence-corrected chi connectivity index (χ2v) is 3.64. The number of H-pyrrole nitrogens is 1. The molecule has 2 nitrogen and oxygen atoms in total. The third-order valence-corrected chi connectivity index (χ3v) is 2.88. The van der Waals surface area contributed by atoms with Gasteiger partial charge in [-0.3, -0.25) is 4.79 Å². The van der Waals surface area contributed by atoms with Gasteiger partial charge in [0.25, 0.3) is 5.56 Å². The number of hydrogen-bond acceptors (Lipinski definition) is 1. The Hall–Kier alpha value is -0.830. The molecule has 0 atom stereocenters. The lowest BCUT2D eigenvalue weighted by Gasteiger charge is -1.93. The summed E-state index contributed by atoms with van der Waals surface area (Å²) in [6, 6.07) is 1.91. The Bertz CT molecular complexity index is 459. The Morgan fingerprint density at radius 2 is 2.38 bits per heavy atom. The highest BCUT2D eigenvalue weighted by atomic mass is 79.9. The SMILES string of the molecule is C/C=c1\c(=C(Br)CC)cc[nH]c1=O. The van der Waals surface area contributed by atoms with Gasteiger partial charge in [0, 0.05) is 15.9 Å². The smallest absolute Gasteiger partial charge is 0.255 e. The fraction of sp³-hybridized carbons (Fsp3) is 0.300. The lowest BCUT2D eigenvalue weighted by atomic mass is 10.2. The van der Waals surface area contributed by atoms with E-state index in [2.05, 4.69) is 20.9 Å². The molecule has 0 amide bonds. The predicted molar refractivity (Wildman–Crippen MR) is 59.1 cm³/mol. The number of nitrogens with one attached hydrogen (secondary N) is 1. The van der Waals surface area contributed by atoms with Crippen LogP contribution in [-0.4, -0.2) is 4.98 Å². The number of hydrogen-bond donors (Lipinski definition) is 1. The molecule has 0 aliphatic carbocycles. The molecule has 13 heavy (non-hydrogen) atoms. The Balaban J connectivity index is 3.77. The van der Waals surface area contributed by atoms with Crippen molar-refractivity contribution < 1.29 is 0 Å². The molecule has 1 rings (SSSR count). The zero-order valence-electron chi connectivity index (χ0n) is 7.73. The molecule has 0 fully saturated rings. The summed E-state index contributed by atoms with van der Waals surface area (Å²) in [4.78, 5) is 14.0. The standard InChI is InChI=1S/C10H12BrNO/c1-3-7-8(9(11)4-2)5-6-12-10(7)13/h3,5-6H,4H2,1-2H3,(H,12,13)/b7-3+,9-8?. The van der Waals surface area contributed by atoms with Gasteiger partial charge in [-0.15, -0.1) is 0 Å². The molecule has 0 spiro atoms. The summed E-state index contributed by atoms with van der Waals surface area (Å²) in [5.74, 6) is 0. The van der Waals surface area contributed by atoms with E-state index in [0.29, 0.717) is 0 Å². The molecule has 0 radical (unpaired) electrons. The molecule has 0 unspecified atom stereocenters. The topological polar surface area (TPSA) is 32.9 Å². The van der Waals surface area contributed by atoms with Gasteiger partial charge in [-0.05, 0) is 24.6 Å². The highest BCUT2D eigenvalue weighted by Crippen LogP contribution is 2.06. The minimum absolute atomic E-state index is 0.0367. The highest BCUT2D eigenvalue weighted by Gasteiger charge is 1.94. The van der Waals surface area contributed by atoms with Gasteiger partial charge in [0.2, 0.25) is 0 Å². The van der Waals surface area contributed by atoms with E-state index in [1.165, 1.54) is 0 Å². The maximum atomic E-state index is 11.4. The Morgan fingerprint density at radius 1 is 1.69 bits per heavy atom. The first-order valence-electron chi connectivity index (χ1n) is 4.23. The fourth-order valence-electron chi connectivity index (χ4n) is 1.20. The van der Waals surface area contributed by atoms with Crippen molar-refractivity contribution >= 4 is 26.5 Å². The second-order valence-electron chi connectivity index (χ2n) is 2.68. The molecule has 1 N–H and O–H groups in total. The monoisotopic (exact) mass is 241 g/mol. The van der Waals surface area contributed by atoms with E-state index < -0.39 is 0 Å². The van der Waals surface area contributed by atoms with E-state index in [1.54, 1.807) is 6.20 Å². The summed E-state index contributed by atoms with van der Waals surface area (Å²) in [5, 5.41) is 1.71. The van der Waals surface area contributed by atoms with E-state index >= 15 is 0 Å². The van der Waals surface area contributed by atoms with Crippen LogP contribution in [0.25, 0.3) is 10.6 Å². The van der Waals surface area contributed by atoms with Crippen molar-refractivity contribution in [3.63, 3.8) is 0 Å². The van der Waals surface area contributed by atoms with E-state index in [4.69, 9.17) is 0 Å². The van der Waals surface area contributed by atoms with Crippen LogP contribution in [0.2, 0.25) is 0 Å². The molecule has 0 bridgehead atoms. The van der Waals surface area contributed by atoms with E-state index in [-0.39, 0.29) is 5.56 Å². The largest absolute Gasteiger partial charge is 0.329 e. The first kappa shape index (κ1) is 10.3. The van der Waals surface area contributed by atoms with Gasteiger partial charge in [0.15, 0.2) is 0 Å². The minimum Gasteiger partial charge on any atom is -0.329 e. The molecule has 1 aromatic rings. The highest BCUT2D eigenvalue weighted by molar-refractivity contribution is 9.14. The third kappa shape index (κ3) is 2.10. The van der Waals surface area contributed by atoms with Crippen LogP contribution in [0.1, 0.15) is 20.3 Å². The van der Waals surface area contributed by atoms with Gasteiger partial charge in [0.05, 0.1) is 0 Å². The number of aromatic nitrogens is 1. The van der Waals surface area contributed by atoms with Crippen LogP contribution in [-0.2, 0) is 0 Å². The van der Waals surface area contributed by atoms with Crippen LogP contribution < -0.4 is 16.0 Å². The quantitative estimate of drug-likeness (QED) is 0.785. The van der Waals surface area contributed by atoms with Crippen LogP contribution >= 0.6 is 15.9 Å². The molecule has 1 heterocycles. The zero-order valence-corrected chi connectivity index (χ0v) is 9.31. The van der Waals surface area contributed by atoms with Gasteiger partial charge in [-0.1, -0.05) is 28.9 Å². The summed E-state index contributed by atoms with van der Waals surface area (Å²) in [6.45, 7) is 3.91. The predicted octanol–water partition coefficient (Wildman–Crippen LogP) is 1.09. The van der Waals surface area contributed by atoms with Crippen molar-refractivity contribution in [3.8, 4) is 0 Å². The Morgan fingerprint density at radius 3 is 2.92 bits per heavy atom.